The lowest BCUT2D eigenvalue weighted by atomic mass is 10.0. The molecule has 0 radical (unpaired) electrons. The largest absolute Gasteiger partial charge is 0.309 e. The van der Waals surface area contributed by atoms with Gasteiger partial charge < -0.3 is 9.13 Å². The molecule has 168 valence electrons. The average Bonchev–Trinajstić information content (AvgIpc) is 3.47. The Bertz CT molecular complexity index is 2080. The van der Waals surface area contributed by atoms with Crippen molar-refractivity contribution in [3.8, 4) is 11.4 Å². The maximum absolute atomic E-state index is 2.42. The molecule has 0 aliphatic carbocycles. The molecule has 2 heteroatoms. The molecule has 0 spiro atoms. The third kappa shape index (κ3) is 2.56. The van der Waals surface area contributed by atoms with Crippen LogP contribution >= 0.6 is 0 Å². The Hall–Kier alpha value is -4.82. The molecule has 0 aliphatic rings. The zero-order valence-corrected chi connectivity index (χ0v) is 19.6. The first-order valence-electron chi connectivity index (χ1n) is 12.4. The molecule has 8 rings (SSSR count). The van der Waals surface area contributed by atoms with Crippen molar-refractivity contribution in [2.75, 3.05) is 0 Å². The Kier molecular flexibility index (Phi) is 3.97. The number of nitrogens with zero attached hydrogens (tertiary/aromatic N) is 2. The highest BCUT2D eigenvalue weighted by molar-refractivity contribution is 6.33. The standard InChI is InChI=1S/C34H22N2/c1-3-12-24(13-4-1)35-28-18-10-9-17-27(28)33-30(35)21-22-31-34(33)32-26-16-8-7-11-23(26)19-20-29(32)36(31)25-14-5-2-6-15-25/h1-22H. The molecule has 2 heterocycles. The third-order valence-corrected chi connectivity index (χ3v) is 7.48. The Balaban J connectivity index is 1.68. The molecule has 6 aromatic carbocycles. The second-order valence-electron chi connectivity index (χ2n) is 9.39. The first kappa shape index (κ1) is 19.5. The molecule has 0 bridgehead atoms. The van der Waals surface area contributed by atoms with Gasteiger partial charge in [-0.2, -0.15) is 0 Å². The normalized spacial score (nSPS) is 11.9. The van der Waals surface area contributed by atoms with E-state index < -0.39 is 0 Å². The van der Waals surface area contributed by atoms with Crippen molar-refractivity contribution in [2.45, 2.75) is 0 Å². The molecule has 0 atom stereocenters. The molecule has 0 saturated carbocycles. The molecular weight excluding hydrogens is 436 g/mol. The summed E-state index contributed by atoms with van der Waals surface area (Å²) in [6.07, 6.45) is 0. The summed E-state index contributed by atoms with van der Waals surface area (Å²) in [6, 6.07) is 48.1. The number of fused-ring (bicyclic) bond motifs is 9. The van der Waals surface area contributed by atoms with E-state index in [4.69, 9.17) is 0 Å². The van der Waals surface area contributed by atoms with Crippen molar-refractivity contribution in [3.05, 3.63) is 133 Å². The summed E-state index contributed by atoms with van der Waals surface area (Å²) in [5, 5.41) is 7.77. The minimum atomic E-state index is 1.18. The van der Waals surface area contributed by atoms with Crippen LogP contribution in [0.15, 0.2) is 133 Å². The second kappa shape index (κ2) is 7.34. The van der Waals surface area contributed by atoms with E-state index >= 15 is 0 Å². The van der Waals surface area contributed by atoms with E-state index in [1.54, 1.807) is 0 Å². The number of benzene rings is 6. The van der Waals surface area contributed by atoms with Gasteiger partial charge in [-0.1, -0.05) is 84.9 Å². The first-order valence-corrected chi connectivity index (χ1v) is 12.4. The highest BCUT2D eigenvalue weighted by atomic mass is 15.0. The topological polar surface area (TPSA) is 9.86 Å². The zero-order chi connectivity index (χ0) is 23.6. The van der Waals surface area contributed by atoms with Crippen molar-refractivity contribution in [1.82, 2.24) is 9.13 Å². The second-order valence-corrected chi connectivity index (χ2v) is 9.39. The molecule has 0 N–H and O–H groups in total. The Labute approximate surface area is 208 Å². The van der Waals surface area contributed by atoms with Gasteiger partial charge >= 0.3 is 0 Å². The van der Waals surface area contributed by atoms with Crippen molar-refractivity contribution in [2.24, 2.45) is 0 Å². The molecular formula is C34H22N2. The molecule has 2 nitrogen and oxygen atoms in total. The van der Waals surface area contributed by atoms with Crippen molar-refractivity contribution >= 4 is 54.4 Å². The molecule has 0 fully saturated rings. The smallest absolute Gasteiger partial charge is 0.0549 e. The zero-order valence-electron chi connectivity index (χ0n) is 19.6. The Morgan fingerprint density at radius 2 is 0.778 bits per heavy atom. The van der Waals surface area contributed by atoms with Crippen LogP contribution in [-0.2, 0) is 0 Å². The predicted molar refractivity (Wildman–Crippen MR) is 153 cm³/mol. The van der Waals surface area contributed by atoms with Gasteiger partial charge in [0, 0.05) is 32.9 Å². The van der Waals surface area contributed by atoms with E-state index in [1.807, 2.05) is 0 Å². The van der Waals surface area contributed by atoms with Gasteiger partial charge in [-0.3, -0.25) is 0 Å². The lowest BCUT2D eigenvalue weighted by molar-refractivity contribution is 1.17. The quantitative estimate of drug-likeness (QED) is 0.244. The van der Waals surface area contributed by atoms with E-state index in [0.29, 0.717) is 0 Å². The highest BCUT2D eigenvalue weighted by Crippen LogP contribution is 2.44. The highest BCUT2D eigenvalue weighted by Gasteiger charge is 2.21. The van der Waals surface area contributed by atoms with Crippen LogP contribution in [0.1, 0.15) is 0 Å². The molecule has 36 heavy (non-hydrogen) atoms. The molecule has 8 aromatic rings. The van der Waals surface area contributed by atoms with E-state index in [-0.39, 0.29) is 0 Å². The summed E-state index contributed by atoms with van der Waals surface area (Å²) in [5.74, 6) is 0. The number of aromatic nitrogens is 2. The van der Waals surface area contributed by atoms with Crippen molar-refractivity contribution < 1.29 is 0 Å². The van der Waals surface area contributed by atoms with Gasteiger partial charge in [0.15, 0.2) is 0 Å². The fraction of sp³-hybridized carbons (Fsp3) is 0. The molecule has 0 unspecified atom stereocenters. The average molecular weight is 459 g/mol. The fourth-order valence-electron chi connectivity index (χ4n) is 6.04. The van der Waals surface area contributed by atoms with Crippen LogP contribution in [-0.4, -0.2) is 9.13 Å². The molecule has 0 saturated heterocycles. The van der Waals surface area contributed by atoms with Crippen LogP contribution in [0.3, 0.4) is 0 Å². The summed E-state index contributed by atoms with van der Waals surface area (Å²) in [6.45, 7) is 0. The minimum Gasteiger partial charge on any atom is -0.309 e. The first-order chi connectivity index (χ1) is 17.9. The summed E-state index contributed by atoms with van der Waals surface area (Å²) >= 11 is 0. The van der Waals surface area contributed by atoms with Gasteiger partial charge in [0.25, 0.3) is 0 Å². The van der Waals surface area contributed by atoms with E-state index in [0.717, 1.165) is 0 Å². The van der Waals surface area contributed by atoms with E-state index in [1.165, 1.54) is 65.8 Å². The predicted octanol–water partition coefficient (Wildman–Crippen LogP) is 9.03. The summed E-state index contributed by atoms with van der Waals surface area (Å²) in [4.78, 5) is 0. The van der Waals surface area contributed by atoms with Gasteiger partial charge in [0.05, 0.1) is 22.1 Å². The lowest BCUT2D eigenvalue weighted by Crippen LogP contribution is -1.94. The van der Waals surface area contributed by atoms with Gasteiger partial charge in [-0.15, -0.1) is 0 Å². The third-order valence-electron chi connectivity index (χ3n) is 7.48. The number of hydrogen-bond donors (Lipinski definition) is 0. The minimum absolute atomic E-state index is 1.18. The monoisotopic (exact) mass is 458 g/mol. The SMILES string of the molecule is c1ccc(-n2c3ccccc3c3c4c5c6ccccc6ccc5n(-c5ccccc5)c4ccc32)cc1. The van der Waals surface area contributed by atoms with Gasteiger partial charge in [-0.05, 0) is 59.3 Å². The lowest BCUT2D eigenvalue weighted by Gasteiger charge is -2.09. The fourth-order valence-corrected chi connectivity index (χ4v) is 6.04. The van der Waals surface area contributed by atoms with Crippen LogP contribution in [0.5, 0.6) is 0 Å². The maximum Gasteiger partial charge on any atom is 0.0549 e. The maximum atomic E-state index is 2.42. The van der Waals surface area contributed by atoms with Gasteiger partial charge in [0.2, 0.25) is 0 Å². The van der Waals surface area contributed by atoms with Gasteiger partial charge in [-0.25, -0.2) is 0 Å². The molecule has 0 amide bonds. The van der Waals surface area contributed by atoms with Crippen LogP contribution in [0, 0.1) is 0 Å². The van der Waals surface area contributed by atoms with E-state index in [9.17, 15) is 0 Å². The number of rotatable bonds is 2. The summed E-state index contributed by atoms with van der Waals surface area (Å²) < 4.78 is 4.83. The van der Waals surface area contributed by atoms with Crippen LogP contribution < -0.4 is 0 Å². The van der Waals surface area contributed by atoms with Crippen LogP contribution in [0.4, 0.5) is 0 Å². The van der Waals surface area contributed by atoms with Crippen molar-refractivity contribution in [1.29, 1.82) is 0 Å². The Morgan fingerprint density at radius 3 is 1.47 bits per heavy atom. The van der Waals surface area contributed by atoms with Gasteiger partial charge in [0.1, 0.15) is 0 Å². The van der Waals surface area contributed by atoms with Crippen LogP contribution in [0.25, 0.3) is 65.8 Å². The summed E-state index contributed by atoms with van der Waals surface area (Å²) in [5.41, 5.74) is 7.29. The number of hydrogen-bond acceptors (Lipinski definition) is 0. The summed E-state index contributed by atoms with van der Waals surface area (Å²) in [7, 11) is 0. The molecule has 2 aromatic heterocycles. The molecule has 0 aliphatic heterocycles. The Morgan fingerprint density at radius 1 is 0.306 bits per heavy atom. The van der Waals surface area contributed by atoms with E-state index in [2.05, 4.69) is 143 Å². The number of para-hydroxylation sites is 3. The van der Waals surface area contributed by atoms with Crippen molar-refractivity contribution in [3.63, 3.8) is 0 Å². The van der Waals surface area contributed by atoms with Crippen LogP contribution in [0.2, 0.25) is 0 Å².